The molecule has 220 valence electrons. The molecule has 0 saturated heterocycles. The Bertz CT molecular complexity index is 277. The molecule has 35 heavy (non-hydrogen) atoms. The summed E-state index contributed by atoms with van der Waals surface area (Å²) < 4.78 is 0. The molecular formula is C35H80. The number of rotatable bonds is 6. The Hall–Kier alpha value is -0.700. The zero-order valence-electron chi connectivity index (χ0n) is 29.2. The predicted molar refractivity (Wildman–Crippen MR) is 177 cm³/mol. The summed E-state index contributed by atoms with van der Waals surface area (Å²) in [6, 6.07) is 0. The standard InChI is InChI=1S/C10H22.2C6H12.C3H8.4C2H6.C2H2/c1-6-7-9(2)8-10(3,4)5;1-5(2)6-3-4-6;1-3-5-6-4-2;1-3-2;5*1-2/h9H,6-8H2,1-5H3;2*5-6H,3-4H2,1-2H3;3H2,1-2H3;4*1-2H3;1-2H/b;;6-5-;;;;;;. The molecule has 0 aromatic carbocycles. The normalized spacial score (nSPS) is 11.3. The average Bonchev–Trinajstić information content (AvgIpc) is 3.71. The van der Waals surface area contributed by atoms with E-state index in [0.29, 0.717) is 5.41 Å². The number of hydrogen-bond acceptors (Lipinski definition) is 0. The first-order chi connectivity index (χ1) is 16.6. The molecule has 0 nitrogen and oxygen atoms in total. The predicted octanol–water partition coefficient (Wildman–Crippen LogP) is 14.0. The van der Waals surface area contributed by atoms with Crippen molar-refractivity contribution in [2.75, 3.05) is 0 Å². The van der Waals surface area contributed by atoms with E-state index in [1.807, 2.05) is 55.4 Å². The zero-order valence-corrected chi connectivity index (χ0v) is 29.2. The molecule has 1 aliphatic rings. The number of hydrogen-bond donors (Lipinski definition) is 0. The summed E-state index contributed by atoms with van der Waals surface area (Å²) in [6.45, 7) is 40.7. The quantitative estimate of drug-likeness (QED) is 0.251. The average molecular weight is 501 g/mol. The molecule has 0 N–H and O–H groups in total. The lowest BCUT2D eigenvalue weighted by Gasteiger charge is -2.22. The van der Waals surface area contributed by atoms with Gasteiger partial charge in [-0.05, 0) is 55.3 Å². The van der Waals surface area contributed by atoms with E-state index in [9.17, 15) is 0 Å². The van der Waals surface area contributed by atoms with Gasteiger partial charge in [-0.1, -0.05) is 163 Å². The summed E-state index contributed by atoms with van der Waals surface area (Å²) in [4.78, 5) is 0. The van der Waals surface area contributed by atoms with Crippen molar-refractivity contribution in [3.8, 4) is 12.8 Å². The molecule has 0 bridgehead atoms. The first-order valence-corrected chi connectivity index (χ1v) is 15.6. The molecule has 0 aromatic heterocycles. The van der Waals surface area contributed by atoms with Gasteiger partial charge in [0, 0.05) is 0 Å². The molecule has 0 aliphatic heterocycles. The van der Waals surface area contributed by atoms with E-state index in [0.717, 1.165) is 17.8 Å². The van der Waals surface area contributed by atoms with Crippen LogP contribution in [0.2, 0.25) is 0 Å². The van der Waals surface area contributed by atoms with Gasteiger partial charge in [-0.25, -0.2) is 0 Å². The van der Waals surface area contributed by atoms with E-state index in [2.05, 4.69) is 101 Å². The van der Waals surface area contributed by atoms with Crippen LogP contribution in [-0.2, 0) is 0 Å². The second kappa shape index (κ2) is 58.8. The Morgan fingerprint density at radius 3 is 1.09 bits per heavy atom. The van der Waals surface area contributed by atoms with Gasteiger partial charge in [0.2, 0.25) is 0 Å². The van der Waals surface area contributed by atoms with Crippen molar-refractivity contribution < 1.29 is 0 Å². The Morgan fingerprint density at radius 2 is 0.971 bits per heavy atom. The van der Waals surface area contributed by atoms with Crippen LogP contribution in [0.4, 0.5) is 0 Å². The van der Waals surface area contributed by atoms with Gasteiger partial charge in [-0.3, -0.25) is 0 Å². The highest BCUT2D eigenvalue weighted by Crippen LogP contribution is 2.35. The molecule has 0 amide bonds. The molecule has 0 heterocycles. The molecular weight excluding hydrogens is 420 g/mol. The van der Waals surface area contributed by atoms with Crippen LogP contribution in [0.3, 0.4) is 0 Å². The van der Waals surface area contributed by atoms with E-state index >= 15 is 0 Å². The van der Waals surface area contributed by atoms with E-state index in [1.165, 1.54) is 51.4 Å². The molecule has 1 unspecified atom stereocenters. The van der Waals surface area contributed by atoms with Crippen LogP contribution in [0.15, 0.2) is 12.2 Å². The highest BCUT2D eigenvalue weighted by molar-refractivity contribution is 4.77. The molecule has 0 spiro atoms. The lowest BCUT2D eigenvalue weighted by Crippen LogP contribution is -2.10. The van der Waals surface area contributed by atoms with Crippen LogP contribution < -0.4 is 0 Å². The maximum absolute atomic E-state index is 4.00. The Morgan fingerprint density at radius 1 is 0.686 bits per heavy atom. The van der Waals surface area contributed by atoms with Gasteiger partial charge in [-0.2, -0.15) is 0 Å². The minimum atomic E-state index is 0.522. The molecule has 1 rings (SSSR count). The van der Waals surface area contributed by atoms with Crippen molar-refractivity contribution in [2.45, 2.75) is 183 Å². The van der Waals surface area contributed by atoms with Crippen molar-refractivity contribution in [1.82, 2.24) is 0 Å². The van der Waals surface area contributed by atoms with Gasteiger partial charge in [0.25, 0.3) is 0 Å². The minimum absolute atomic E-state index is 0.522. The van der Waals surface area contributed by atoms with Gasteiger partial charge < -0.3 is 0 Å². The summed E-state index contributed by atoms with van der Waals surface area (Å²) in [6.07, 6.45) is 23.0. The highest BCUT2D eigenvalue weighted by atomic mass is 14.3. The van der Waals surface area contributed by atoms with Gasteiger partial charge in [-0.15, -0.1) is 12.8 Å². The fourth-order valence-electron chi connectivity index (χ4n) is 2.74. The van der Waals surface area contributed by atoms with Crippen LogP contribution in [0.1, 0.15) is 183 Å². The third-order valence-corrected chi connectivity index (χ3v) is 3.95. The van der Waals surface area contributed by atoms with Gasteiger partial charge >= 0.3 is 0 Å². The summed E-state index contributed by atoms with van der Waals surface area (Å²) in [5.74, 6) is 2.97. The second-order valence-electron chi connectivity index (χ2n) is 9.24. The van der Waals surface area contributed by atoms with Crippen molar-refractivity contribution in [1.29, 1.82) is 0 Å². The highest BCUT2D eigenvalue weighted by Gasteiger charge is 2.23. The zero-order chi connectivity index (χ0) is 30.3. The first kappa shape index (κ1) is 55.0. The molecule has 1 fully saturated rings. The van der Waals surface area contributed by atoms with Crippen LogP contribution in [0.5, 0.6) is 0 Å². The molecule has 1 saturated carbocycles. The van der Waals surface area contributed by atoms with Crippen LogP contribution in [0.25, 0.3) is 0 Å². The van der Waals surface area contributed by atoms with Crippen LogP contribution in [0, 0.1) is 36.0 Å². The van der Waals surface area contributed by atoms with Gasteiger partial charge in [0.15, 0.2) is 0 Å². The SMILES string of the molecule is C#C.CC.CC.CC.CC.CC(C)C1CC1.CC/C=C\CC.CCC.CCCC(C)CC(C)(C)C. The summed E-state index contributed by atoms with van der Waals surface area (Å²) in [5, 5.41) is 0. The summed E-state index contributed by atoms with van der Waals surface area (Å²) in [7, 11) is 0. The van der Waals surface area contributed by atoms with E-state index < -0.39 is 0 Å². The molecule has 1 aliphatic carbocycles. The fourth-order valence-corrected chi connectivity index (χ4v) is 2.74. The second-order valence-corrected chi connectivity index (χ2v) is 9.24. The Balaban J connectivity index is -0.0000000429. The largest absolute Gasteiger partial charge is 0.124 e. The third kappa shape index (κ3) is 109. The summed E-state index contributed by atoms with van der Waals surface area (Å²) in [5.41, 5.74) is 0.522. The van der Waals surface area contributed by atoms with Gasteiger partial charge in [0.05, 0.1) is 0 Å². The maximum atomic E-state index is 4.00. The van der Waals surface area contributed by atoms with Crippen molar-refractivity contribution in [3.05, 3.63) is 12.2 Å². The van der Waals surface area contributed by atoms with E-state index in [4.69, 9.17) is 0 Å². The molecule has 0 heteroatoms. The Kier molecular flexibility index (Phi) is 92.4. The van der Waals surface area contributed by atoms with Crippen molar-refractivity contribution in [3.63, 3.8) is 0 Å². The van der Waals surface area contributed by atoms with Crippen LogP contribution >= 0.6 is 0 Å². The monoisotopic (exact) mass is 501 g/mol. The van der Waals surface area contributed by atoms with Crippen molar-refractivity contribution >= 4 is 0 Å². The lowest BCUT2D eigenvalue weighted by molar-refractivity contribution is 0.295. The van der Waals surface area contributed by atoms with E-state index in [1.54, 1.807) is 0 Å². The third-order valence-electron chi connectivity index (χ3n) is 3.95. The lowest BCUT2D eigenvalue weighted by atomic mass is 9.84. The maximum Gasteiger partial charge on any atom is -0.0379 e. The smallest absolute Gasteiger partial charge is 0.0379 e. The molecule has 0 radical (unpaired) electrons. The van der Waals surface area contributed by atoms with Crippen molar-refractivity contribution in [2.24, 2.45) is 23.2 Å². The summed E-state index contributed by atoms with van der Waals surface area (Å²) >= 11 is 0. The van der Waals surface area contributed by atoms with Crippen LogP contribution in [-0.4, -0.2) is 0 Å². The number of allylic oxidation sites excluding steroid dienone is 2. The van der Waals surface area contributed by atoms with Gasteiger partial charge in [0.1, 0.15) is 0 Å². The van der Waals surface area contributed by atoms with E-state index in [-0.39, 0.29) is 0 Å². The first-order valence-electron chi connectivity index (χ1n) is 15.6. The number of terminal acetylenes is 1. The Labute approximate surface area is 230 Å². The molecule has 0 aromatic rings. The molecule has 1 atom stereocenters. The minimum Gasteiger partial charge on any atom is -0.124 e. The topological polar surface area (TPSA) is 0 Å². The fraction of sp³-hybridized carbons (Fsp3) is 0.886.